The summed E-state index contributed by atoms with van der Waals surface area (Å²) >= 11 is 11.9. The molecule has 0 saturated carbocycles. The Hall–Kier alpha value is -0.700. The van der Waals surface area contributed by atoms with Crippen LogP contribution < -0.4 is 0 Å². The Morgan fingerprint density at radius 3 is 2.47 bits per heavy atom. The fourth-order valence-corrected chi connectivity index (χ4v) is 1.88. The predicted molar refractivity (Wildman–Crippen MR) is 62.2 cm³/mol. The van der Waals surface area contributed by atoms with E-state index in [1.807, 2.05) is 0 Å². The Kier molecular flexibility index (Phi) is 4.45. The Morgan fingerprint density at radius 1 is 1.47 bits per heavy atom. The van der Waals surface area contributed by atoms with Gasteiger partial charge in [0.05, 0.1) is 19.0 Å². The Balaban J connectivity index is 2.90. The van der Waals surface area contributed by atoms with E-state index < -0.39 is 6.10 Å². The average molecular weight is 247 g/mol. The van der Waals surface area contributed by atoms with Gasteiger partial charge in [-0.1, -0.05) is 35.8 Å². The first kappa shape index (κ1) is 12.4. The van der Waals surface area contributed by atoms with Crippen LogP contribution in [0.2, 0.25) is 10.0 Å². The first-order valence-corrected chi connectivity index (χ1v) is 5.15. The number of ether oxygens (including phenoxy) is 1. The van der Waals surface area contributed by atoms with E-state index in [9.17, 15) is 5.11 Å². The number of aliphatic hydroxyl groups is 1. The van der Waals surface area contributed by atoms with Crippen LogP contribution in [0.5, 0.6) is 0 Å². The Bertz CT molecular complexity index is 343. The Labute approximate surface area is 99.1 Å². The molecule has 1 aromatic rings. The minimum Gasteiger partial charge on any atom is -0.502 e. The lowest BCUT2D eigenvalue weighted by Crippen LogP contribution is -2.01. The maximum absolute atomic E-state index is 9.87. The molecule has 1 aromatic carbocycles. The van der Waals surface area contributed by atoms with Crippen molar-refractivity contribution in [3.63, 3.8) is 0 Å². The number of methoxy groups -OCH3 is 1. The van der Waals surface area contributed by atoms with E-state index in [0.717, 1.165) is 0 Å². The molecule has 1 rings (SSSR count). The molecule has 0 spiro atoms. The van der Waals surface area contributed by atoms with Gasteiger partial charge in [0.15, 0.2) is 0 Å². The number of benzene rings is 1. The van der Waals surface area contributed by atoms with Gasteiger partial charge in [0, 0.05) is 22.0 Å². The van der Waals surface area contributed by atoms with Gasteiger partial charge in [-0.25, -0.2) is 0 Å². The molecular formula is C11H12Cl2O2. The highest BCUT2D eigenvalue weighted by molar-refractivity contribution is 6.36. The minimum atomic E-state index is -0.793. The molecule has 0 unspecified atom stereocenters. The summed E-state index contributed by atoms with van der Waals surface area (Å²) in [6.07, 6.45) is -0.515. The van der Waals surface area contributed by atoms with Gasteiger partial charge in [0.2, 0.25) is 0 Å². The van der Waals surface area contributed by atoms with Crippen LogP contribution in [0.25, 0.3) is 0 Å². The molecule has 0 aliphatic rings. The number of aliphatic hydroxyl groups excluding tert-OH is 1. The van der Waals surface area contributed by atoms with Gasteiger partial charge < -0.3 is 9.84 Å². The number of halogens is 2. The Morgan fingerprint density at radius 2 is 2.00 bits per heavy atom. The second-order valence-electron chi connectivity index (χ2n) is 3.10. The van der Waals surface area contributed by atoms with E-state index in [1.54, 1.807) is 18.2 Å². The highest BCUT2D eigenvalue weighted by Gasteiger charge is 2.16. The smallest absolute Gasteiger partial charge is 0.0913 e. The highest BCUT2D eigenvalue weighted by atomic mass is 35.5. The van der Waals surface area contributed by atoms with E-state index in [2.05, 4.69) is 6.58 Å². The van der Waals surface area contributed by atoms with E-state index >= 15 is 0 Å². The lowest BCUT2D eigenvalue weighted by Gasteiger charge is -2.14. The second kappa shape index (κ2) is 5.40. The standard InChI is InChI=1S/C11H12Cl2O2/c1-7(15-2)6-10(14)11-8(12)4-3-5-9(11)13/h3-5,10,14H,1,6H2,2H3/t10-/m0/s1. The van der Waals surface area contributed by atoms with Crippen LogP contribution in [-0.2, 0) is 4.74 Å². The van der Waals surface area contributed by atoms with Crippen LogP contribution in [0.15, 0.2) is 30.5 Å². The maximum Gasteiger partial charge on any atom is 0.0913 e. The summed E-state index contributed by atoms with van der Waals surface area (Å²) < 4.78 is 4.88. The summed E-state index contributed by atoms with van der Waals surface area (Å²) in [7, 11) is 1.50. The molecule has 0 heterocycles. The van der Waals surface area contributed by atoms with Crippen LogP contribution >= 0.6 is 23.2 Å². The first-order valence-electron chi connectivity index (χ1n) is 4.40. The van der Waals surface area contributed by atoms with Gasteiger partial charge in [-0.15, -0.1) is 0 Å². The minimum absolute atomic E-state index is 0.278. The average Bonchev–Trinajstić information content (AvgIpc) is 2.17. The van der Waals surface area contributed by atoms with Crippen LogP contribution in [0.1, 0.15) is 18.1 Å². The highest BCUT2D eigenvalue weighted by Crippen LogP contribution is 2.33. The summed E-state index contributed by atoms with van der Waals surface area (Å²) in [5, 5.41) is 10.8. The monoisotopic (exact) mass is 246 g/mol. The van der Waals surface area contributed by atoms with Crippen molar-refractivity contribution in [1.29, 1.82) is 0 Å². The molecule has 0 bridgehead atoms. The number of hydrogen-bond donors (Lipinski definition) is 1. The summed E-state index contributed by atoms with van der Waals surface area (Å²) in [6, 6.07) is 5.09. The van der Waals surface area contributed by atoms with Crippen molar-refractivity contribution in [1.82, 2.24) is 0 Å². The molecule has 0 fully saturated rings. The van der Waals surface area contributed by atoms with Crippen molar-refractivity contribution in [2.45, 2.75) is 12.5 Å². The fraction of sp³-hybridized carbons (Fsp3) is 0.273. The molecule has 0 saturated heterocycles. The zero-order valence-corrected chi connectivity index (χ0v) is 9.85. The molecule has 4 heteroatoms. The molecule has 15 heavy (non-hydrogen) atoms. The molecule has 0 aliphatic heterocycles. The van der Waals surface area contributed by atoms with Crippen molar-refractivity contribution >= 4 is 23.2 Å². The van der Waals surface area contributed by atoms with Gasteiger partial charge in [-0.05, 0) is 12.1 Å². The van der Waals surface area contributed by atoms with E-state index in [1.165, 1.54) is 7.11 Å². The van der Waals surface area contributed by atoms with Crippen molar-refractivity contribution in [2.24, 2.45) is 0 Å². The topological polar surface area (TPSA) is 29.5 Å². The third-order valence-electron chi connectivity index (χ3n) is 2.04. The third-order valence-corrected chi connectivity index (χ3v) is 2.70. The number of rotatable bonds is 4. The van der Waals surface area contributed by atoms with Crippen molar-refractivity contribution in [2.75, 3.05) is 7.11 Å². The summed E-state index contributed by atoms with van der Waals surface area (Å²) in [6.45, 7) is 3.63. The SMILES string of the molecule is C=C(C[C@H](O)c1c(Cl)cccc1Cl)OC. The first-order chi connectivity index (χ1) is 7.06. The maximum atomic E-state index is 9.87. The second-order valence-corrected chi connectivity index (χ2v) is 3.91. The van der Waals surface area contributed by atoms with Gasteiger partial charge in [0.25, 0.3) is 0 Å². The normalized spacial score (nSPS) is 12.3. The lowest BCUT2D eigenvalue weighted by atomic mass is 10.1. The largest absolute Gasteiger partial charge is 0.502 e. The molecular weight excluding hydrogens is 235 g/mol. The molecule has 0 amide bonds. The van der Waals surface area contributed by atoms with E-state index in [-0.39, 0.29) is 6.42 Å². The molecule has 2 nitrogen and oxygen atoms in total. The molecule has 0 aromatic heterocycles. The molecule has 1 atom stereocenters. The van der Waals surface area contributed by atoms with Gasteiger partial charge in [-0.2, -0.15) is 0 Å². The van der Waals surface area contributed by atoms with Crippen LogP contribution in [0, 0.1) is 0 Å². The van der Waals surface area contributed by atoms with Gasteiger partial charge in [0.1, 0.15) is 0 Å². The van der Waals surface area contributed by atoms with Crippen molar-refractivity contribution < 1.29 is 9.84 Å². The van der Waals surface area contributed by atoms with Crippen LogP contribution in [0.3, 0.4) is 0 Å². The third kappa shape index (κ3) is 3.13. The zero-order chi connectivity index (χ0) is 11.4. The summed E-state index contributed by atoms with van der Waals surface area (Å²) in [5.41, 5.74) is 0.513. The quantitative estimate of drug-likeness (QED) is 0.824. The van der Waals surface area contributed by atoms with Crippen LogP contribution in [0.4, 0.5) is 0 Å². The van der Waals surface area contributed by atoms with Gasteiger partial charge >= 0.3 is 0 Å². The molecule has 0 radical (unpaired) electrons. The summed E-state index contributed by atoms with van der Waals surface area (Å²) in [4.78, 5) is 0. The molecule has 82 valence electrons. The zero-order valence-electron chi connectivity index (χ0n) is 8.34. The molecule has 1 N–H and O–H groups in total. The fourth-order valence-electron chi connectivity index (χ4n) is 1.23. The molecule has 0 aliphatic carbocycles. The van der Waals surface area contributed by atoms with E-state index in [0.29, 0.717) is 21.4 Å². The van der Waals surface area contributed by atoms with Crippen molar-refractivity contribution in [3.05, 3.63) is 46.1 Å². The van der Waals surface area contributed by atoms with E-state index in [4.69, 9.17) is 27.9 Å². The summed E-state index contributed by atoms with van der Waals surface area (Å²) in [5.74, 6) is 0.485. The predicted octanol–water partition coefficient (Wildman–Crippen LogP) is 3.58. The number of hydrogen-bond acceptors (Lipinski definition) is 2. The van der Waals surface area contributed by atoms with Crippen LogP contribution in [-0.4, -0.2) is 12.2 Å². The van der Waals surface area contributed by atoms with Crippen molar-refractivity contribution in [3.8, 4) is 0 Å². The van der Waals surface area contributed by atoms with Gasteiger partial charge in [-0.3, -0.25) is 0 Å². The lowest BCUT2D eigenvalue weighted by molar-refractivity contribution is 0.150.